The molecule has 0 radical (unpaired) electrons. The lowest BCUT2D eigenvalue weighted by molar-refractivity contribution is -0.162. The number of benzene rings is 1. The van der Waals surface area contributed by atoms with Gasteiger partial charge in [-0.1, -0.05) is 23.2 Å². The minimum Gasteiger partial charge on any atom is -0.440 e. The number of rotatable bonds is 4. The average Bonchev–Trinajstić information content (AvgIpc) is 3.00. The molecule has 1 N–H and O–H groups in total. The summed E-state index contributed by atoms with van der Waals surface area (Å²) in [6.07, 6.45) is -5.71. The van der Waals surface area contributed by atoms with Crippen molar-refractivity contribution in [2.45, 2.75) is 30.0 Å². The van der Waals surface area contributed by atoms with E-state index < -0.39 is 40.8 Å². The number of halogens is 5. The SMILES string of the molecule is O=C(NS(=O)(=O)c1cc(Cl)cc(Cl)c1)C1CCCN1C(=O)OCC(F)(F)F. The Bertz CT molecular complexity index is 827. The largest absolute Gasteiger partial charge is 0.440 e. The Hall–Kier alpha value is -1.72. The highest BCUT2D eigenvalue weighted by Crippen LogP contribution is 2.24. The summed E-state index contributed by atoms with van der Waals surface area (Å²) >= 11 is 11.5. The van der Waals surface area contributed by atoms with Crippen molar-refractivity contribution in [3.8, 4) is 0 Å². The maximum Gasteiger partial charge on any atom is 0.422 e. The van der Waals surface area contributed by atoms with E-state index in [4.69, 9.17) is 23.2 Å². The van der Waals surface area contributed by atoms with Crippen molar-refractivity contribution >= 4 is 45.2 Å². The summed E-state index contributed by atoms with van der Waals surface area (Å²) in [6, 6.07) is 2.13. The fraction of sp³-hybridized carbons (Fsp3) is 0.429. The molecule has 150 valence electrons. The van der Waals surface area contributed by atoms with Crippen LogP contribution in [0.1, 0.15) is 12.8 Å². The molecule has 1 aromatic carbocycles. The Labute approximate surface area is 162 Å². The first-order valence-electron chi connectivity index (χ1n) is 7.42. The highest BCUT2D eigenvalue weighted by molar-refractivity contribution is 7.90. The van der Waals surface area contributed by atoms with Crippen LogP contribution in [0.5, 0.6) is 0 Å². The standard InChI is InChI=1S/C14H13Cl2F3N2O5S/c15-8-4-9(16)6-10(5-8)27(24,25)20-12(22)11-2-1-3-21(11)13(23)26-7-14(17,18)19/h4-6,11H,1-3,7H2,(H,20,22). The predicted octanol–water partition coefficient (Wildman–Crippen LogP) is 2.96. The number of nitrogens with zero attached hydrogens (tertiary/aromatic N) is 1. The molecule has 0 aromatic heterocycles. The van der Waals surface area contributed by atoms with Crippen LogP contribution in [0, 0.1) is 0 Å². The van der Waals surface area contributed by atoms with E-state index in [2.05, 4.69) is 4.74 Å². The maximum atomic E-state index is 12.3. The molecule has 27 heavy (non-hydrogen) atoms. The van der Waals surface area contributed by atoms with Crippen LogP contribution in [-0.2, 0) is 19.6 Å². The Balaban J connectivity index is 2.10. The van der Waals surface area contributed by atoms with E-state index in [0.717, 1.165) is 17.0 Å². The summed E-state index contributed by atoms with van der Waals surface area (Å²) < 4.78 is 67.0. The highest BCUT2D eigenvalue weighted by atomic mass is 35.5. The van der Waals surface area contributed by atoms with Crippen molar-refractivity contribution in [2.24, 2.45) is 0 Å². The van der Waals surface area contributed by atoms with Crippen molar-refractivity contribution in [2.75, 3.05) is 13.2 Å². The van der Waals surface area contributed by atoms with Crippen molar-refractivity contribution in [3.63, 3.8) is 0 Å². The molecule has 13 heteroatoms. The molecule has 0 bridgehead atoms. The number of amides is 2. The summed E-state index contributed by atoms with van der Waals surface area (Å²) in [6.45, 7) is -1.85. The van der Waals surface area contributed by atoms with Gasteiger partial charge in [0.2, 0.25) is 0 Å². The molecule has 0 spiro atoms. The van der Waals surface area contributed by atoms with E-state index in [-0.39, 0.29) is 27.9 Å². The van der Waals surface area contributed by atoms with E-state index in [1.54, 1.807) is 4.72 Å². The summed E-state index contributed by atoms with van der Waals surface area (Å²) in [5.41, 5.74) is 0. The van der Waals surface area contributed by atoms with E-state index in [9.17, 15) is 31.2 Å². The second kappa shape index (κ2) is 8.11. The van der Waals surface area contributed by atoms with E-state index >= 15 is 0 Å². The number of alkyl halides is 3. The zero-order chi connectivity index (χ0) is 20.4. The van der Waals surface area contributed by atoms with Gasteiger partial charge in [-0.2, -0.15) is 13.2 Å². The van der Waals surface area contributed by atoms with Gasteiger partial charge >= 0.3 is 12.3 Å². The van der Waals surface area contributed by atoms with Gasteiger partial charge in [-0.05, 0) is 31.0 Å². The molecule has 0 saturated carbocycles. The number of carbonyl (C=O) groups is 2. The van der Waals surface area contributed by atoms with Crippen molar-refractivity contribution in [1.82, 2.24) is 9.62 Å². The molecule has 1 atom stereocenters. The van der Waals surface area contributed by atoms with Gasteiger partial charge in [-0.15, -0.1) is 0 Å². The van der Waals surface area contributed by atoms with Crippen molar-refractivity contribution in [1.29, 1.82) is 0 Å². The van der Waals surface area contributed by atoms with Crippen LogP contribution in [-0.4, -0.2) is 50.7 Å². The molecule has 1 unspecified atom stereocenters. The van der Waals surface area contributed by atoms with Gasteiger partial charge < -0.3 is 4.74 Å². The van der Waals surface area contributed by atoms with E-state index in [1.807, 2.05) is 0 Å². The van der Waals surface area contributed by atoms with Crippen LogP contribution >= 0.6 is 23.2 Å². The number of likely N-dealkylation sites (tertiary alicyclic amines) is 1. The molecule has 7 nitrogen and oxygen atoms in total. The third-order valence-corrected chi connectivity index (χ3v) is 5.29. The molecule has 2 amide bonds. The van der Waals surface area contributed by atoms with Crippen LogP contribution < -0.4 is 4.72 Å². The van der Waals surface area contributed by atoms with Gasteiger partial charge in [0.1, 0.15) is 6.04 Å². The Morgan fingerprint density at radius 2 is 1.81 bits per heavy atom. The molecule has 1 aromatic rings. The van der Waals surface area contributed by atoms with Crippen molar-refractivity contribution in [3.05, 3.63) is 28.2 Å². The zero-order valence-corrected chi connectivity index (χ0v) is 15.8. The number of hydrogen-bond acceptors (Lipinski definition) is 5. The van der Waals surface area contributed by atoms with Gasteiger partial charge in [0.05, 0.1) is 4.90 Å². The Morgan fingerprint density at radius 3 is 2.37 bits per heavy atom. The van der Waals surface area contributed by atoms with Crippen LogP contribution in [0.25, 0.3) is 0 Å². The molecule has 1 aliphatic heterocycles. The summed E-state index contributed by atoms with van der Waals surface area (Å²) in [5, 5.41) is 0.0436. The first-order chi connectivity index (χ1) is 12.4. The first-order valence-corrected chi connectivity index (χ1v) is 9.66. The fourth-order valence-corrected chi connectivity index (χ4v) is 4.17. The second-order valence-electron chi connectivity index (χ2n) is 5.60. The minimum atomic E-state index is -4.72. The van der Waals surface area contributed by atoms with Gasteiger partial charge in [0.25, 0.3) is 15.9 Å². The van der Waals surface area contributed by atoms with Gasteiger partial charge in [0, 0.05) is 16.6 Å². The summed E-state index contributed by atoms with van der Waals surface area (Å²) in [4.78, 5) is 24.4. The zero-order valence-electron chi connectivity index (χ0n) is 13.4. The molecule has 0 aliphatic carbocycles. The topological polar surface area (TPSA) is 92.8 Å². The average molecular weight is 449 g/mol. The molecule has 2 rings (SSSR count). The van der Waals surface area contributed by atoms with Crippen LogP contribution in [0.3, 0.4) is 0 Å². The quantitative estimate of drug-likeness (QED) is 0.763. The third kappa shape index (κ3) is 5.88. The number of sulfonamides is 1. The van der Waals surface area contributed by atoms with Gasteiger partial charge in [0.15, 0.2) is 6.61 Å². The Morgan fingerprint density at radius 1 is 1.22 bits per heavy atom. The molecular formula is C14H13Cl2F3N2O5S. The smallest absolute Gasteiger partial charge is 0.422 e. The van der Waals surface area contributed by atoms with Crippen LogP contribution in [0.15, 0.2) is 23.1 Å². The monoisotopic (exact) mass is 448 g/mol. The lowest BCUT2D eigenvalue weighted by Gasteiger charge is -2.23. The van der Waals surface area contributed by atoms with Crippen LogP contribution in [0.2, 0.25) is 10.0 Å². The first kappa shape index (κ1) is 21.6. The lowest BCUT2D eigenvalue weighted by atomic mass is 10.2. The Kier molecular flexibility index (Phi) is 6.48. The third-order valence-electron chi connectivity index (χ3n) is 3.53. The second-order valence-corrected chi connectivity index (χ2v) is 8.15. The van der Waals surface area contributed by atoms with E-state index in [1.165, 1.54) is 6.07 Å². The molecule has 1 saturated heterocycles. The molecular weight excluding hydrogens is 436 g/mol. The summed E-state index contributed by atoms with van der Waals surface area (Å²) in [7, 11) is -4.35. The van der Waals surface area contributed by atoms with Crippen LogP contribution in [0.4, 0.5) is 18.0 Å². The predicted molar refractivity (Wildman–Crippen MR) is 88.9 cm³/mol. The van der Waals surface area contributed by atoms with E-state index in [0.29, 0.717) is 6.42 Å². The number of carbonyl (C=O) groups excluding carboxylic acids is 2. The fourth-order valence-electron chi connectivity index (χ4n) is 2.43. The summed E-state index contributed by atoms with van der Waals surface area (Å²) in [5.74, 6) is -1.08. The van der Waals surface area contributed by atoms with Gasteiger partial charge in [-0.3, -0.25) is 9.69 Å². The minimum absolute atomic E-state index is 0.0218. The lowest BCUT2D eigenvalue weighted by Crippen LogP contribution is -2.48. The highest BCUT2D eigenvalue weighted by Gasteiger charge is 2.38. The molecule has 1 heterocycles. The molecule has 1 aliphatic rings. The van der Waals surface area contributed by atoms with Crippen molar-refractivity contribution < 1.29 is 35.9 Å². The molecule has 1 fully saturated rings. The maximum absolute atomic E-state index is 12.3. The number of nitrogens with one attached hydrogen (secondary N) is 1. The number of hydrogen-bond donors (Lipinski definition) is 1. The number of ether oxygens (including phenoxy) is 1. The van der Waals surface area contributed by atoms with Gasteiger partial charge in [-0.25, -0.2) is 17.9 Å². The normalized spacial score (nSPS) is 17.7.